The van der Waals surface area contributed by atoms with E-state index in [1.165, 1.54) is 12.8 Å². The standard InChI is InChI=1S/C14H14ClN3O/c15-14-17-6-5-12(18-14)10-3-4-13(11(16)7-10)19-8-9-1-2-9/h3-7,9H,1-2,8,16H2. The zero-order valence-electron chi connectivity index (χ0n) is 10.3. The Kier molecular flexibility index (Phi) is 3.25. The van der Waals surface area contributed by atoms with Crippen LogP contribution in [-0.4, -0.2) is 16.6 Å². The number of rotatable bonds is 4. The molecule has 1 aromatic heterocycles. The van der Waals surface area contributed by atoms with Crippen LogP contribution >= 0.6 is 11.6 Å². The van der Waals surface area contributed by atoms with E-state index in [1.807, 2.05) is 18.2 Å². The molecule has 2 N–H and O–H groups in total. The van der Waals surface area contributed by atoms with Gasteiger partial charge in [-0.1, -0.05) is 0 Å². The molecule has 2 aromatic rings. The molecular weight excluding hydrogens is 262 g/mol. The lowest BCUT2D eigenvalue weighted by Gasteiger charge is -2.09. The number of hydrogen-bond donors (Lipinski definition) is 1. The quantitative estimate of drug-likeness (QED) is 0.688. The minimum Gasteiger partial charge on any atom is -0.491 e. The van der Waals surface area contributed by atoms with E-state index in [2.05, 4.69) is 9.97 Å². The van der Waals surface area contributed by atoms with Gasteiger partial charge < -0.3 is 10.5 Å². The average Bonchev–Trinajstić information content (AvgIpc) is 3.21. The van der Waals surface area contributed by atoms with E-state index in [1.54, 1.807) is 12.3 Å². The van der Waals surface area contributed by atoms with Crippen LogP contribution in [0.4, 0.5) is 5.69 Å². The van der Waals surface area contributed by atoms with Crippen molar-refractivity contribution < 1.29 is 4.74 Å². The predicted molar refractivity (Wildman–Crippen MR) is 75.1 cm³/mol. The second-order valence-electron chi connectivity index (χ2n) is 4.72. The second-order valence-corrected chi connectivity index (χ2v) is 5.06. The van der Waals surface area contributed by atoms with Gasteiger partial charge >= 0.3 is 0 Å². The van der Waals surface area contributed by atoms with Gasteiger partial charge in [0.15, 0.2) is 0 Å². The molecule has 3 rings (SSSR count). The van der Waals surface area contributed by atoms with E-state index in [4.69, 9.17) is 22.1 Å². The average molecular weight is 276 g/mol. The first-order chi connectivity index (χ1) is 9.22. The van der Waals surface area contributed by atoms with Gasteiger partial charge in [0.25, 0.3) is 0 Å². The molecule has 1 aliphatic carbocycles. The summed E-state index contributed by atoms with van der Waals surface area (Å²) in [7, 11) is 0. The van der Waals surface area contributed by atoms with Crippen LogP contribution < -0.4 is 10.5 Å². The van der Waals surface area contributed by atoms with Gasteiger partial charge in [0.2, 0.25) is 5.28 Å². The van der Waals surface area contributed by atoms with Crippen molar-refractivity contribution in [3.8, 4) is 17.0 Å². The van der Waals surface area contributed by atoms with Crippen molar-refractivity contribution >= 4 is 17.3 Å². The Morgan fingerprint density at radius 2 is 2.16 bits per heavy atom. The molecule has 0 radical (unpaired) electrons. The number of nitrogens with zero attached hydrogens (tertiary/aromatic N) is 2. The summed E-state index contributed by atoms with van der Waals surface area (Å²) < 4.78 is 5.69. The Morgan fingerprint density at radius 3 is 2.84 bits per heavy atom. The van der Waals surface area contributed by atoms with E-state index in [0.717, 1.165) is 23.6 Å². The first-order valence-electron chi connectivity index (χ1n) is 6.23. The number of aromatic nitrogens is 2. The summed E-state index contributed by atoms with van der Waals surface area (Å²) in [5.74, 6) is 1.44. The maximum atomic E-state index is 6.00. The van der Waals surface area contributed by atoms with Crippen LogP contribution in [0.15, 0.2) is 30.5 Å². The molecule has 19 heavy (non-hydrogen) atoms. The van der Waals surface area contributed by atoms with Gasteiger partial charge in [-0.3, -0.25) is 0 Å². The fraction of sp³-hybridized carbons (Fsp3) is 0.286. The summed E-state index contributed by atoms with van der Waals surface area (Å²) >= 11 is 5.78. The van der Waals surface area contributed by atoms with Crippen LogP contribution in [0.2, 0.25) is 5.28 Å². The molecule has 1 heterocycles. The minimum absolute atomic E-state index is 0.227. The number of ether oxygens (including phenoxy) is 1. The van der Waals surface area contributed by atoms with Crippen molar-refractivity contribution in [1.82, 2.24) is 9.97 Å². The molecule has 98 valence electrons. The summed E-state index contributed by atoms with van der Waals surface area (Å²) in [5.41, 5.74) is 8.27. The highest BCUT2D eigenvalue weighted by atomic mass is 35.5. The van der Waals surface area contributed by atoms with E-state index in [9.17, 15) is 0 Å². The molecule has 1 aromatic carbocycles. The summed E-state index contributed by atoms with van der Waals surface area (Å²) in [6.45, 7) is 0.753. The van der Waals surface area contributed by atoms with Crippen molar-refractivity contribution in [3.05, 3.63) is 35.7 Å². The first kappa shape index (κ1) is 12.2. The van der Waals surface area contributed by atoms with Gasteiger partial charge in [0, 0.05) is 11.8 Å². The molecule has 0 unspecified atom stereocenters. The van der Waals surface area contributed by atoms with Crippen LogP contribution in [-0.2, 0) is 0 Å². The lowest BCUT2D eigenvalue weighted by Crippen LogP contribution is -2.02. The fourth-order valence-corrected chi connectivity index (χ4v) is 1.97. The van der Waals surface area contributed by atoms with E-state index >= 15 is 0 Å². The molecule has 0 bridgehead atoms. The Hall–Kier alpha value is -1.81. The minimum atomic E-state index is 0.227. The molecule has 0 spiro atoms. The van der Waals surface area contributed by atoms with Crippen molar-refractivity contribution in [1.29, 1.82) is 0 Å². The topological polar surface area (TPSA) is 61.0 Å². The number of halogens is 1. The molecular formula is C14H14ClN3O. The van der Waals surface area contributed by atoms with Gasteiger partial charge in [-0.05, 0) is 54.6 Å². The Morgan fingerprint density at radius 1 is 1.32 bits per heavy atom. The van der Waals surface area contributed by atoms with E-state index < -0.39 is 0 Å². The van der Waals surface area contributed by atoms with Crippen LogP contribution in [0.1, 0.15) is 12.8 Å². The monoisotopic (exact) mass is 275 g/mol. The Labute approximate surface area is 116 Å². The van der Waals surface area contributed by atoms with Gasteiger partial charge in [0.05, 0.1) is 18.0 Å². The van der Waals surface area contributed by atoms with Crippen LogP contribution in [0.3, 0.4) is 0 Å². The van der Waals surface area contributed by atoms with Gasteiger partial charge in [-0.25, -0.2) is 9.97 Å². The highest BCUT2D eigenvalue weighted by Gasteiger charge is 2.22. The zero-order chi connectivity index (χ0) is 13.2. The highest BCUT2D eigenvalue weighted by Crippen LogP contribution is 2.32. The van der Waals surface area contributed by atoms with E-state index in [-0.39, 0.29) is 5.28 Å². The van der Waals surface area contributed by atoms with Crippen LogP contribution in [0.5, 0.6) is 5.75 Å². The SMILES string of the molecule is Nc1cc(-c2ccnc(Cl)n2)ccc1OCC1CC1. The number of anilines is 1. The maximum absolute atomic E-state index is 6.00. The maximum Gasteiger partial charge on any atom is 0.222 e. The third-order valence-corrected chi connectivity index (χ3v) is 3.29. The number of nitrogen functional groups attached to an aromatic ring is 1. The van der Waals surface area contributed by atoms with Gasteiger partial charge in [-0.15, -0.1) is 0 Å². The molecule has 0 atom stereocenters. The predicted octanol–water partition coefficient (Wildman–Crippen LogP) is 3.17. The molecule has 0 saturated heterocycles. The summed E-state index contributed by atoms with van der Waals surface area (Å²) in [5, 5.41) is 0.227. The Bertz CT molecular complexity index is 599. The van der Waals surface area contributed by atoms with Gasteiger partial charge in [-0.2, -0.15) is 0 Å². The van der Waals surface area contributed by atoms with Crippen LogP contribution in [0, 0.1) is 5.92 Å². The molecule has 1 saturated carbocycles. The van der Waals surface area contributed by atoms with Crippen molar-refractivity contribution in [2.75, 3.05) is 12.3 Å². The largest absolute Gasteiger partial charge is 0.491 e. The third-order valence-electron chi connectivity index (χ3n) is 3.10. The second kappa shape index (κ2) is 5.05. The van der Waals surface area contributed by atoms with Crippen molar-refractivity contribution in [2.45, 2.75) is 12.8 Å². The summed E-state index contributed by atoms with van der Waals surface area (Å²) in [4.78, 5) is 8.02. The molecule has 1 fully saturated rings. The van der Waals surface area contributed by atoms with Crippen molar-refractivity contribution in [2.24, 2.45) is 5.92 Å². The Balaban J connectivity index is 1.81. The molecule has 0 amide bonds. The normalized spacial score (nSPS) is 14.4. The summed E-state index contributed by atoms with van der Waals surface area (Å²) in [6.07, 6.45) is 4.15. The van der Waals surface area contributed by atoms with Crippen LogP contribution in [0.25, 0.3) is 11.3 Å². The fourth-order valence-electron chi connectivity index (χ4n) is 1.83. The van der Waals surface area contributed by atoms with Gasteiger partial charge in [0.1, 0.15) is 5.75 Å². The lowest BCUT2D eigenvalue weighted by atomic mass is 10.1. The zero-order valence-corrected chi connectivity index (χ0v) is 11.1. The molecule has 0 aliphatic heterocycles. The van der Waals surface area contributed by atoms with Crippen molar-refractivity contribution in [3.63, 3.8) is 0 Å². The third kappa shape index (κ3) is 2.96. The number of hydrogen-bond acceptors (Lipinski definition) is 4. The summed E-state index contributed by atoms with van der Waals surface area (Å²) in [6, 6.07) is 7.45. The van der Waals surface area contributed by atoms with E-state index in [0.29, 0.717) is 11.6 Å². The first-order valence-corrected chi connectivity index (χ1v) is 6.61. The highest BCUT2D eigenvalue weighted by molar-refractivity contribution is 6.28. The molecule has 4 nitrogen and oxygen atoms in total. The molecule has 1 aliphatic rings. The smallest absolute Gasteiger partial charge is 0.222 e. The lowest BCUT2D eigenvalue weighted by molar-refractivity contribution is 0.301. The molecule has 5 heteroatoms. The number of benzene rings is 1. The number of nitrogens with two attached hydrogens (primary N) is 1.